The lowest BCUT2D eigenvalue weighted by molar-refractivity contribution is 0.0197. The molecule has 27 heavy (non-hydrogen) atoms. The van der Waals surface area contributed by atoms with Crippen LogP contribution in [-0.2, 0) is 4.74 Å². The van der Waals surface area contributed by atoms with E-state index in [4.69, 9.17) is 9.47 Å². The van der Waals surface area contributed by atoms with Crippen LogP contribution in [0.3, 0.4) is 0 Å². The summed E-state index contributed by atoms with van der Waals surface area (Å²) in [6, 6.07) is 6.02. The van der Waals surface area contributed by atoms with Crippen molar-refractivity contribution in [1.29, 1.82) is 0 Å². The molecule has 0 radical (unpaired) electrons. The summed E-state index contributed by atoms with van der Waals surface area (Å²) < 4.78 is 13.3. The molecule has 0 unspecified atom stereocenters. The number of carbonyl (C=O) groups is 1. The van der Waals surface area contributed by atoms with Crippen molar-refractivity contribution in [3.05, 3.63) is 24.5 Å². The predicted molar refractivity (Wildman–Crippen MR) is 106 cm³/mol. The van der Waals surface area contributed by atoms with Gasteiger partial charge >= 0.3 is 6.09 Å². The van der Waals surface area contributed by atoms with Crippen LogP contribution >= 0.6 is 11.9 Å². The zero-order chi connectivity index (χ0) is 19.4. The molecule has 1 amide bonds. The van der Waals surface area contributed by atoms with E-state index in [9.17, 15) is 4.79 Å². The molecule has 0 aliphatic carbocycles. The summed E-state index contributed by atoms with van der Waals surface area (Å²) in [5.41, 5.74) is 0.416. The number of carbonyl (C=O) groups excluding carboxylic acids is 1. The Morgan fingerprint density at radius 1 is 1.19 bits per heavy atom. The summed E-state index contributed by atoms with van der Waals surface area (Å²) in [6.45, 7) is 11.0. The highest BCUT2D eigenvalue weighted by atomic mass is 32.2. The molecular formula is C19H26N4O3S. The molecule has 0 spiro atoms. The molecule has 0 atom stereocenters. The van der Waals surface area contributed by atoms with Crippen molar-refractivity contribution in [3.8, 4) is 5.88 Å². The maximum Gasteiger partial charge on any atom is 0.410 e. The lowest BCUT2D eigenvalue weighted by Gasteiger charge is -2.34. The van der Waals surface area contributed by atoms with E-state index in [0.29, 0.717) is 25.6 Å². The van der Waals surface area contributed by atoms with Gasteiger partial charge in [0.25, 0.3) is 0 Å². The lowest BCUT2D eigenvalue weighted by Crippen LogP contribution is -2.47. The Morgan fingerprint density at radius 3 is 2.59 bits per heavy atom. The van der Waals surface area contributed by atoms with Crippen molar-refractivity contribution in [3.63, 3.8) is 0 Å². The zero-order valence-corrected chi connectivity index (χ0v) is 17.1. The first-order valence-electron chi connectivity index (χ1n) is 9.15. The van der Waals surface area contributed by atoms with Gasteiger partial charge in [-0.05, 0) is 51.8 Å². The van der Waals surface area contributed by atoms with Gasteiger partial charge in [-0.2, -0.15) is 0 Å². The van der Waals surface area contributed by atoms with Crippen LogP contribution in [0, 0.1) is 0 Å². The lowest BCUT2D eigenvalue weighted by atomic mass is 10.2. The minimum Gasteiger partial charge on any atom is -0.477 e. The molecule has 1 aliphatic rings. The van der Waals surface area contributed by atoms with Gasteiger partial charge in [0.2, 0.25) is 5.88 Å². The molecule has 1 fully saturated rings. The largest absolute Gasteiger partial charge is 0.477 e. The molecule has 1 saturated heterocycles. The number of piperazine rings is 1. The number of ether oxygens (including phenoxy) is 2. The molecule has 146 valence electrons. The molecule has 0 N–H and O–H groups in total. The third kappa shape index (κ3) is 5.01. The van der Waals surface area contributed by atoms with Crippen molar-refractivity contribution in [2.24, 2.45) is 0 Å². The Labute approximate surface area is 164 Å². The van der Waals surface area contributed by atoms with Gasteiger partial charge in [0.05, 0.1) is 17.5 Å². The Morgan fingerprint density at radius 2 is 1.93 bits per heavy atom. The van der Waals surface area contributed by atoms with E-state index in [2.05, 4.69) is 20.3 Å². The maximum atomic E-state index is 12.2. The molecule has 0 saturated carbocycles. The number of fused-ring (bicyclic) bond motifs is 1. The van der Waals surface area contributed by atoms with Gasteiger partial charge in [0.15, 0.2) is 0 Å². The predicted octanol–water partition coefficient (Wildman–Crippen LogP) is 3.59. The molecule has 1 aromatic heterocycles. The normalized spacial score (nSPS) is 15.8. The van der Waals surface area contributed by atoms with Crippen molar-refractivity contribution < 1.29 is 14.3 Å². The van der Waals surface area contributed by atoms with E-state index in [-0.39, 0.29) is 6.09 Å². The van der Waals surface area contributed by atoms with Gasteiger partial charge in [-0.3, -0.25) is 0 Å². The highest BCUT2D eigenvalue weighted by Crippen LogP contribution is 2.32. The maximum absolute atomic E-state index is 12.2. The number of rotatable bonds is 4. The van der Waals surface area contributed by atoms with E-state index < -0.39 is 5.60 Å². The van der Waals surface area contributed by atoms with Crippen LogP contribution in [-0.4, -0.2) is 63.7 Å². The fourth-order valence-corrected chi connectivity index (χ4v) is 3.80. The van der Waals surface area contributed by atoms with Gasteiger partial charge in [-0.1, -0.05) is 6.07 Å². The molecule has 2 aromatic rings. The molecule has 1 aromatic carbocycles. The third-order valence-corrected chi connectivity index (χ3v) is 5.14. The molecule has 2 heterocycles. The van der Waals surface area contributed by atoms with E-state index in [0.717, 1.165) is 28.9 Å². The molecule has 0 bridgehead atoms. The minimum absolute atomic E-state index is 0.244. The van der Waals surface area contributed by atoms with Crippen LogP contribution in [0.2, 0.25) is 0 Å². The van der Waals surface area contributed by atoms with Crippen molar-refractivity contribution in [1.82, 2.24) is 19.2 Å². The van der Waals surface area contributed by atoms with Crippen molar-refractivity contribution >= 4 is 28.9 Å². The number of benzene rings is 1. The summed E-state index contributed by atoms with van der Waals surface area (Å²) in [7, 11) is 0. The third-order valence-electron chi connectivity index (χ3n) is 3.99. The quantitative estimate of drug-likeness (QED) is 0.739. The van der Waals surface area contributed by atoms with E-state index in [1.165, 1.54) is 6.33 Å². The van der Waals surface area contributed by atoms with Gasteiger partial charge in [0, 0.05) is 31.1 Å². The number of amides is 1. The summed E-state index contributed by atoms with van der Waals surface area (Å²) >= 11 is 1.66. The topological polar surface area (TPSA) is 67.8 Å². The van der Waals surface area contributed by atoms with E-state index in [1.54, 1.807) is 16.8 Å². The van der Waals surface area contributed by atoms with Crippen LogP contribution in [0.1, 0.15) is 27.7 Å². The Hall–Kier alpha value is -2.06. The van der Waals surface area contributed by atoms with Crippen LogP contribution in [0.25, 0.3) is 10.9 Å². The minimum atomic E-state index is -0.468. The molecule has 3 rings (SSSR count). The average molecular weight is 391 g/mol. The van der Waals surface area contributed by atoms with Crippen LogP contribution in [0.5, 0.6) is 5.88 Å². The Balaban J connectivity index is 1.66. The average Bonchev–Trinajstić information content (AvgIpc) is 2.62. The first-order valence-corrected chi connectivity index (χ1v) is 9.92. The SMILES string of the molecule is CCOc1ncnc2c(SN3CCN(C(=O)OC(C)(C)C)CC3)cccc12. The second-order valence-electron chi connectivity index (χ2n) is 7.25. The van der Waals surface area contributed by atoms with E-state index >= 15 is 0 Å². The monoisotopic (exact) mass is 390 g/mol. The fourth-order valence-electron chi connectivity index (χ4n) is 2.79. The first-order chi connectivity index (χ1) is 12.9. The number of para-hydroxylation sites is 1. The number of nitrogens with zero attached hydrogens (tertiary/aromatic N) is 4. The smallest absolute Gasteiger partial charge is 0.410 e. The van der Waals surface area contributed by atoms with Crippen molar-refractivity contribution in [2.75, 3.05) is 32.8 Å². The van der Waals surface area contributed by atoms with Crippen LogP contribution < -0.4 is 4.74 Å². The molecule has 1 aliphatic heterocycles. The second kappa shape index (κ2) is 8.31. The van der Waals surface area contributed by atoms with Gasteiger partial charge in [0.1, 0.15) is 11.9 Å². The summed E-state index contributed by atoms with van der Waals surface area (Å²) in [4.78, 5) is 23.7. The molecule has 8 heteroatoms. The summed E-state index contributed by atoms with van der Waals surface area (Å²) in [6.07, 6.45) is 1.30. The number of aromatic nitrogens is 2. The van der Waals surface area contributed by atoms with Gasteiger partial charge < -0.3 is 14.4 Å². The number of hydrogen-bond acceptors (Lipinski definition) is 7. The standard InChI is InChI=1S/C19H26N4O3S/c1-5-25-17-14-7-6-8-15(16(14)20-13-21-17)27-23-11-9-22(10-12-23)18(24)26-19(2,3)4/h6-8,13H,5,9-12H2,1-4H3. The zero-order valence-electron chi connectivity index (χ0n) is 16.3. The van der Waals surface area contributed by atoms with E-state index in [1.807, 2.05) is 39.8 Å². The molecular weight excluding hydrogens is 364 g/mol. The summed E-state index contributed by atoms with van der Waals surface area (Å²) in [5.74, 6) is 0.611. The Kier molecular flexibility index (Phi) is 6.06. The van der Waals surface area contributed by atoms with Crippen molar-refractivity contribution in [2.45, 2.75) is 38.2 Å². The van der Waals surface area contributed by atoms with Gasteiger partial charge in [-0.25, -0.2) is 19.1 Å². The highest BCUT2D eigenvalue weighted by Gasteiger charge is 2.26. The fraction of sp³-hybridized carbons (Fsp3) is 0.526. The Bertz CT molecular complexity index is 801. The van der Waals surface area contributed by atoms with Crippen LogP contribution in [0.4, 0.5) is 4.79 Å². The van der Waals surface area contributed by atoms with Crippen LogP contribution in [0.15, 0.2) is 29.4 Å². The molecule has 7 nitrogen and oxygen atoms in total. The summed E-state index contributed by atoms with van der Waals surface area (Å²) in [5, 5.41) is 0.914. The number of hydrogen-bond donors (Lipinski definition) is 0. The second-order valence-corrected chi connectivity index (χ2v) is 8.39. The van der Waals surface area contributed by atoms with Gasteiger partial charge in [-0.15, -0.1) is 0 Å². The highest BCUT2D eigenvalue weighted by molar-refractivity contribution is 7.97. The first kappa shape index (κ1) is 19.7.